The zero-order valence-corrected chi connectivity index (χ0v) is 23.2. The van der Waals surface area contributed by atoms with Crippen molar-refractivity contribution in [3.8, 4) is 34.1 Å². The van der Waals surface area contributed by atoms with Crippen molar-refractivity contribution in [2.24, 2.45) is 0 Å². The van der Waals surface area contributed by atoms with E-state index in [0.717, 1.165) is 28.8 Å². The highest BCUT2D eigenvalue weighted by Gasteiger charge is 2.15. The molecule has 0 saturated carbocycles. The molecule has 5 aromatic rings. The van der Waals surface area contributed by atoms with Crippen molar-refractivity contribution in [1.82, 2.24) is 20.3 Å². The van der Waals surface area contributed by atoms with Gasteiger partial charge in [0.25, 0.3) is 0 Å². The van der Waals surface area contributed by atoms with E-state index in [-0.39, 0.29) is 29.0 Å². The highest BCUT2D eigenvalue weighted by atomic mass is 35.5. The standard InChI is InChI=1S/C30H26Cl2N4O5/c31-24-10-9-22(15-23(24)29(38)39)41-30-34-26-16-25(32)27(35-28(26)36-30)21-7-5-20(6-8-21)19-3-1-18(2-4-19)17-33-11-13-40-14-12-37/h1-10,15-16,33,37H,11-14,17H2,(H,38,39)(H,34,35,36). The number of aliphatic hydroxyl groups is 1. The molecule has 5 rings (SSSR count). The number of hydrogen-bond donors (Lipinski definition) is 4. The number of aromatic carboxylic acids is 1. The van der Waals surface area contributed by atoms with Crippen LogP contribution in [0.3, 0.4) is 0 Å². The third-order valence-corrected chi connectivity index (χ3v) is 6.84. The smallest absolute Gasteiger partial charge is 0.337 e. The van der Waals surface area contributed by atoms with Crippen molar-refractivity contribution in [2.75, 3.05) is 26.4 Å². The Kier molecular flexibility index (Phi) is 9.13. The number of fused-ring (bicyclic) bond motifs is 1. The first-order chi connectivity index (χ1) is 19.9. The largest absolute Gasteiger partial charge is 0.478 e. The molecular weight excluding hydrogens is 567 g/mol. The molecule has 0 unspecified atom stereocenters. The third kappa shape index (κ3) is 7.02. The van der Waals surface area contributed by atoms with Crippen LogP contribution in [0.4, 0.5) is 0 Å². The topological polar surface area (TPSA) is 130 Å². The number of carboxylic acid groups (broad SMARTS) is 1. The molecule has 0 aliphatic rings. The maximum Gasteiger partial charge on any atom is 0.337 e. The summed E-state index contributed by atoms with van der Waals surface area (Å²) >= 11 is 12.5. The summed E-state index contributed by atoms with van der Waals surface area (Å²) in [6.45, 7) is 2.40. The molecule has 0 spiro atoms. The summed E-state index contributed by atoms with van der Waals surface area (Å²) in [6, 6.07) is 22.5. The van der Waals surface area contributed by atoms with Gasteiger partial charge in [0.1, 0.15) is 5.75 Å². The monoisotopic (exact) mass is 592 g/mol. The van der Waals surface area contributed by atoms with Gasteiger partial charge in [0, 0.05) is 18.7 Å². The van der Waals surface area contributed by atoms with E-state index in [9.17, 15) is 9.90 Å². The Balaban J connectivity index is 1.27. The highest BCUT2D eigenvalue weighted by Crippen LogP contribution is 2.32. The van der Waals surface area contributed by atoms with Crippen LogP contribution in [0.2, 0.25) is 10.0 Å². The minimum atomic E-state index is -1.16. The molecule has 3 aromatic carbocycles. The van der Waals surface area contributed by atoms with Crippen molar-refractivity contribution >= 4 is 40.3 Å². The minimum Gasteiger partial charge on any atom is -0.478 e. The molecular formula is C30H26Cl2N4O5. The molecule has 0 bridgehead atoms. The van der Waals surface area contributed by atoms with Gasteiger partial charge in [-0.3, -0.25) is 0 Å². The van der Waals surface area contributed by atoms with Crippen LogP contribution in [0, 0.1) is 0 Å². The van der Waals surface area contributed by atoms with Gasteiger partial charge < -0.3 is 30.0 Å². The predicted molar refractivity (Wildman–Crippen MR) is 158 cm³/mol. The van der Waals surface area contributed by atoms with Crippen molar-refractivity contribution < 1.29 is 24.5 Å². The lowest BCUT2D eigenvalue weighted by Gasteiger charge is -2.08. The first kappa shape index (κ1) is 28.5. The summed E-state index contributed by atoms with van der Waals surface area (Å²) in [5, 5.41) is 21.9. The minimum absolute atomic E-state index is 0.0346. The second-order valence-corrected chi connectivity index (χ2v) is 9.88. The van der Waals surface area contributed by atoms with Crippen LogP contribution >= 0.6 is 23.2 Å². The fourth-order valence-electron chi connectivity index (χ4n) is 4.17. The second kappa shape index (κ2) is 13.1. The molecule has 4 N–H and O–H groups in total. The first-order valence-corrected chi connectivity index (χ1v) is 13.5. The molecule has 2 heterocycles. The number of rotatable bonds is 12. The zero-order valence-electron chi connectivity index (χ0n) is 21.7. The number of aromatic nitrogens is 3. The van der Waals surface area contributed by atoms with E-state index in [1.165, 1.54) is 12.1 Å². The Morgan fingerprint density at radius 3 is 2.29 bits per heavy atom. The van der Waals surface area contributed by atoms with E-state index in [1.54, 1.807) is 12.1 Å². The van der Waals surface area contributed by atoms with Crippen LogP contribution < -0.4 is 10.1 Å². The van der Waals surface area contributed by atoms with E-state index in [1.807, 2.05) is 24.3 Å². The molecule has 2 aromatic heterocycles. The lowest BCUT2D eigenvalue weighted by atomic mass is 10.0. The number of carbonyl (C=O) groups is 1. The van der Waals surface area contributed by atoms with Crippen molar-refractivity contribution in [2.45, 2.75) is 6.54 Å². The molecule has 0 saturated heterocycles. The Labute approximate surface area is 245 Å². The fraction of sp³-hybridized carbons (Fsp3) is 0.167. The number of carboxylic acids is 1. The van der Waals surface area contributed by atoms with Crippen LogP contribution in [0.5, 0.6) is 11.8 Å². The molecule has 9 nitrogen and oxygen atoms in total. The quantitative estimate of drug-likeness (QED) is 0.126. The molecule has 0 atom stereocenters. The number of ether oxygens (including phenoxy) is 2. The number of aliphatic hydroxyl groups excluding tert-OH is 1. The Bertz CT molecular complexity index is 1660. The number of nitrogens with one attached hydrogen (secondary N) is 2. The van der Waals surface area contributed by atoms with Gasteiger partial charge in [-0.25, -0.2) is 9.78 Å². The molecule has 0 radical (unpaired) electrons. The normalized spacial score (nSPS) is 11.2. The summed E-state index contributed by atoms with van der Waals surface area (Å²) in [6.07, 6.45) is 0. The predicted octanol–water partition coefficient (Wildman–Crippen LogP) is 6.19. The lowest BCUT2D eigenvalue weighted by molar-refractivity contribution is 0.0696. The van der Waals surface area contributed by atoms with Gasteiger partial charge in [-0.05, 0) is 41.0 Å². The summed E-state index contributed by atoms with van der Waals surface area (Å²) in [5.74, 6) is -0.891. The zero-order chi connectivity index (χ0) is 28.8. The average molecular weight is 593 g/mol. The van der Waals surface area contributed by atoms with Crippen LogP contribution in [0.15, 0.2) is 72.8 Å². The van der Waals surface area contributed by atoms with E-state index in [0.29, 0.717) is 41.6 Å². The number of hydrogen-bond acceptors (Lipinski definition) is 7. The summed E-state index contributed by atoms with van der Waals surface area (Å²) in [7, 11) is 0. The molecule has 41 heavy (non-hydrogen) atoms. The fourth-order valence-corrected chi connectivity index (χ4v) is 4.63. The van der Waals surface area contributed by atoms with Gasteiger partial charge in [-0.2, -0.15) is 4.98 Å². The van der Waals surface area contributed by atoms with Crippen LogP contribution in [-0.4, -0.2) is 57.5 Å². The summed E-state index contributed by atoms with van der Waals surface area (Å²) < 4.78 is 11.0. The highest BCUT2D eigenvalue weighted by molar-refractivity contribution is 6.34. The Hall–Kier alpha value is -3.99. The second-order valence-electron chi connectivity index (χ2n) is 9.07. The van der Waals surface area contributed by atoms with Crippen molar-refractivity contribution in [3.63, 3.8) is 0 Å². The van der Waals surface area contributed by atoms with Gasteiger partial charge >= 0.3 is 12.0 Å². The maximum absolute atomic E-state index is 11.4. The van der Waals surface area contributed by atoms with E-state index >= 15 is 0 Å². The molecule has 11 heteroatoms. The maximum atomic E-state index is 11.4. The summed E-state index contributed by atoms with van der Waals surface area (Å²) in [5.41, 5.74) is 5.62. The van der Waals surface area contributed by atoms with Gasteiger partial charge in [0.05, 0.1) is 46.6 Å². The molecule has 0 fully saturated rings. The van der Waals surface area contributed by atoms with E-state index in [4.69, 9.17) is 37.8 Å². The van der Waals surface area contributed by atoms with Gasteiger partial charge in [-0.15, -0.1) is 0 Å². The molecule has 0 aliphatic carbocycles. The number of pyridine rings is 1. The van der Waals surface area contributed by atoms with Gasteiger partial charge in [0.2, 0.25) is 0 Å². The summed E-state index contributed by atoms with van der Waals surface area (Å²) in [4.78, 5) is 23.4. The van der Waals surface area contributed by atoms with Gasteiger partial charge in [0.15, 0.2) is 5.65 Å². The molecule has 0 aliphatic heterocycles. The van der Waals surface area contributed by atoms with Crippen molar-refractivity contribution in [3.05, 3.63) is 94.0 Å². The van der Waals surface area contributed by atoms with Crippen molar-refractivity contribution in [1.29, 1.82) is 0 Å². The SMILES string of the molecule is O=C(O)c1cc(Oc2nc3nc(-c4ccc(-c5ccc(CNCCOCCO)cc5)cc4)c(Cl)cc3[nH]2)ccc1Cl. The van der Waals surface area contributed by atoms with Crippen LogP contribution in [-0.2, 0) is 11.3 Å². The van der Waals surface area contributed by atoms with Gasteiger partial charge in [-0.1, -0.05) is 71.7 Å². The molecule has 0 amide bonds. The number of nitrogens with zero attached hydrogens (tertiary/aromatic N) is 2. The third-order valence-electron chi connectivity index (χ3n) is 6.22. The first-order valence-electron chi connectivity index (χ1n) is 12.8. The Morgan fingerprint density at radius 1 is 0.878 bits per heavy atom. The lowest BCUT2D eigenvalue weighted by Crippen LogP contribution is -2.19. The number of benzene rings is 3. The number of imidazole rings is 1. The van der Waals surface area contributed by atoms with Crippen LogP contribution in [0.1, 0.15) is 15.9 Å². The average Bonchev–Trinajstić information content (AvgIpc) is 3.36. The van der Waals surface area contributed by atoms with E-state index in [2.05, 4.69) is 44.5 Å². The molecule has 210 valence electrons. The Morgan fingerprint density at radius 2 is 1.59 bits per heavy atom. The number of aromatic amines is 1. The number of H-pyrrole nitrogens is 1. The van der Waals surface area contributed by atoms with E-state index < -0.39 is 5.97 Å². The number of halogens is 2. The van der Waals surface area contributed by atoms with Crippen LogP contribution in [0.25, 0.3) is 33.5 Å².